The molecule has 1 saturated carbocycles. The molecule has 0 bridgehead atoms. The Balaban J connectivity index is 2.99. The number of ether oxygens (including phenoxy) is 3. The number of hydrogen-bond donors (Lipinski definition) is 0. The first-order valence-corrected chi connectivity index (χ1v) is 6.65. The number of halogens is 3. The molecule has 0 heterocycles. The molecule has 0 N–H and O–H groups in total. The second-order valence-corrected chi connectivity index (χ2v) is 4.98. The summed E-state index contributed by atoms with van der Waals surface area (Å²) in [5.74, 6) is -2.13. The number of alkyl halides is 3. The lowest BCUT2D eigenvalue weighted by Gasteiger charge is -2.33. The first kappa shape index (κ1) is 17.7. The molecule has 0 spiro atoms. The number of methoxy groups -OCH3 is 2. The van der Waals surface area contributed by atoms with Crippen molar-refractivity contribution in [2.24, 2.45) is 11.3 Å². The van der Waals surface area contributed by atoms with Crippen molar-refractivity contribution in [2.45, 2.75) is 38.5 Å². The average molecular weight is 312 g/mol. The molecule has 0 aromatic rings. The van der Waals surface area contributed by atoms with E-state index in [1.807, 2.05) is 0 Å². The van der Waals surface area contributed by atoms with Crippen LogP contribution in [0.2, 0.25) is 0 Å². The molecule has 8 heteroatoms. The van der Waals surface area contributed by atoms with Gasteiger partial charge in [0.2, 0.25) is 0 Å². The highest BCUT2D eigenvalue weighted by atomic mass is 19.4. The van der Waals surface area contributed by atoms with E-state index in [1.165, 1.54) is 0 Å². The summed E-state index contributed by atoms with van der Waals surface area (Å²) in [7, 11) is 2.19. The van der Waals surface area contributed by atoms with Gasteiger partial charge in [0.25, 0.3) is 0 Å². The molecule has 0 aromatic carbocycles. The lowest BCUT2D eigenvalue weighted by atomic mass is 9.72. The molecule has 1 fully saturated rings. The number of esters is 2. The van der Waals surface area contributed by atoms with E-state index in [0.29, 0.717) is 12.8 Å². The fourth-order valence-electron chi connectivity index (χ4n) is 2.94. The highest BCUT2D eigenvalue weighted by molar-refractivity contribution is 6.00. The van der Waals surface area contributed by atoms with Gasteiger partial charge in [-0.15, -0.1) is 13.2 Å². The minimum atomic E-state index is -4.81. The maximum atomic E-state index is 12.1. The van der Waals surface area contributed by atoms with E-state index in [2.05, 4.69) is 14.2 Å². The number of hydrogen-bond acceptors (Lipinski definition) is 5. The van der Waals surface area contributed by atoms with Gasteiger partial charge in [0.15, 0.2) is 5.41 Å². The quantitative estimate of drug-likeness (QED) is 0.557. The van der Waals surface area contributed by atoms with Crippen molar-refractivity contribution in [2.75, 3.05) is 20.8 Å². The normalized spacial score (nSPS) is 16.8. The smallest absolute Gasteiger partial charge is 0.468 e. The average Bonchev–Trinajstić information content (AvgIpc) is 2.95. The van der Waals surface area contributed by atoms with E-state index in [4.69, 9.17) is 0 Å². The second kappa shape index (κ2) is 7.11. The molecular formula is C13H19F3O5. The molecule has 0 unspecified atom stereocenters. The van der Waals surface area contributed by atoms with Crippen molar-refractivity contribution in [1.82, 2.24) is 0 Å². The summed E-state index contributed by atoms with van der Waals surface area (Å²) in [6.45, 7) is -0.801. The largest absolute Gasteiger partial charge is 0.522 e. The molecule has 0 aliphatic heterocycles. The fourth-order valence-corrected chi connectivity index (χ4v) is 2.94. The van der Waals surface area contributed by atoms with Crippen molar-refractivity contribution in [1.29, 1.82) is 0 Å². The zero-order chi connectivity index (χ0) is 16.1. The minimum Gasteiger partial charge on any atom is -0.468 e. The summed E-state index contributed by atoms with van der Waals surface area (Å²) in [5.41, 5.74) is -1.73. The third-order valence-corrected chi connectivity index (χ3v) is 3.91. The standard InChI is InChI=1S/C13H19F3O5/c1-19-10(17)12(11(18)20-2,9-5-3-4-6-9)7-8-21-13(14,15)16/h9H,3-8H2,1-2H3. The Kier molecular flexibility index (Phi) is 6.00. The maximum absolute atomic E-state index is 12.1. The van der Waals surface area contributed by atoms with Gasteiger partial charge in [-0.05, 0) is 25.2 Å². The lowest BCUT2D eigenvalue weighted by molar-refractivity contribution is -0.326. The molecule has 0 saturated heterocycles. The fraction of sp³-hybridized carbons (Fsp3) is 0.846. The molecule has 1 aliphatic carbocycles. The Hall–Kier alpha value is -1.31. The Morgan fingerprint density at radius 2 is 1.52 bits per heavy atom. The first-order valence-electron chi connectivity index (χ1n) is 6.65. The van der Waals surface area contributed by atoms with E-state index < -0.39 is 42.7 Å². The molecular weight excluding hydrogens is 293 g/mol. The molecule has 1 aliphatic rings. The summed E-state index contributed by atoms with van der Waals surface area (Å²) in [6.07, 6.45) is -2.49. The van der Waals surface area contributed by atoms with Gasteiger partial charge in [0.05, 0.1) is 20.8 Å². The molecule has 122 valence electrons. The predicted octanol–water partition coefficient (Wildman–Crippen LogP) is 2.44. The van der Waals surface area contributed by atoms with Gasteiger partial charge in [-0.1, -0.05) is 12.8 Å². The van der Waals surface area contributed by atoms with Crippen molar-refractivity contribution in [3.63, 3.8) is 0 Å². The van der Waals surface area contributed by atoms with Crippen LogP contribution in [0.15, 0.2) is 0 Å². The molecule has 1 rings (SSSR count). The van der Waals surface area contributed by atoms with Crippen molar-refractivity contribution >= 4 is 11.9 Å². The van der Waals surface area contributed by atoms with Crippen molar-refractivity contribution in [3.8, 4) is 0 Å². The zero-order valence-electron chi connectivity index (χ0n) is 12.0. The topological polar surface area (TPSA) is 61.8 Å². The predicted molar refractivity (Wildman–Crippen MR) is 65.0 cm³/mol. The second-order valence-electron chi connectivity index (χ2n) is 4.98. The summed E-state index contributed by atoms with van der Waals surface area (Å²) >= 11 is 0. The van der Waals surface area contributed by atoms with Gasteiger partial charge >= 0.3 is 18.3 Å². The molecule has 0 amide bonds. The van der Waals surface area contributed by atoms with Crippen LogP contribution in [-0.2, 0) is 23.8 Å². The van der Waals surface area contributed by atoms with E-state index >= 15 is 0 Å². The van der Waals surface area contributed by atoms with Crippen LogP contribution in [0.4, 0.5) is 13.2 Å². The van der Waals surface area contributed by atoms with Crippen LogP contribution in [0, 0.1) is 11.3 Å². The first-order chi connectivity index (χ1) is 9.78. The Morgan fingerprint density at radius 1 is 1.05 bits per heavy atom. The minimum absolute atomic E-state index is 0.394. The highest BCUT2D eigenvalue weighted by Gasteiger charge is 2.55. The van der Waals surface area contributed by atoms with Gasteiger partial charge in [-0.2, -0.15) is 0 Å². The SMILES string of the molecule is COC(=O)C(CCOC(F)(F)F)(C(=O)OC)C1CCCC1. The third-order valence-electron chi connectivity index (χ3n) is 3.91. The van der Waals surface area contributed by atoms with Crippen LogP contribution in [0.3, 0.4) is 0 Å². The monoisotopic (exact) mass is 312 g/mol. The summed E-state index contributed by atoms with van der Waals surface area (Å²) in [6, 6.07) is 0. The molecule has 5 nitrogen and oxygen atoms in total. The van der Waals surface area contributed by atoms with Gasteiger partial charge in [-0.3, -0.25) is 14.3 Å². The zero-order valence-corrected chi connectivity index (χ0v) is 12.0. The molecule has 21 heavy (non-hydrogen) atoms. The Morgan fingerprint density at radius 3 is 1.90 bits per heavy atom. The molecule has 0 radical (unpaired) electrons. The van der Waals surface area contributed by atoms with Gasteiger partial charge in [-0.25, -0.2) is 0 Å². The Bertz CT molecular complexity index is 358. The van der Waals surface area contributed by atoms with Crippen molar-refractivity contribution in [3.05, 3.63) is 0 Å². The van der Waals surface area contributed by atoms with Crippen LogP contribution < -0.4 is 0 Å². The van der Waals surface area contributed by atoms with Crippen molar-refractivity contribution < 1.29 is 37.0 Å². The van der Waals surface area contributed by atoms with Crippen LogP contribution in [0.25, 0.3) is 0 Å². The summed E-state index contributed by atoms with van der Waals surface area (Å²) in [4.78, 5) is 24.2. The van der Waals surface area contributed by atoms with Gasteiger partial charge < -0.3 is 9.47 Å². The molecule has 0 aromatic heterocycles. The highest BCUT2D eigenvalue weighted by Crippen LogP contribution is 2.44. The van der Waals surface area contributed by atoms with Gasteiger partial charge in [0.1, 0.15) is 0 Å². The van der Waals surface area contributed by atoms with Crippen LogP contribution in [-0.4, -0.2) is 39.1 Å². The maximum Gasteiger partial charge on any atom is 0.522 e. The molecule has 0 atom stereocenters. The number of carbonyl (C=O) groups is 2. The lowest BCUT2D eigenvalue weighted by Crippen LogP contribution is -2.47. The van der Waals surface area contributed by atoms with E-state index in [0.717, 1.165) is 27.1 Å². The Labute approximate surface area is 120 Å². The number of rotatable bonds is 6. The van der Waals surface area contributed by atoms with E-state index in [-0.39, 0.29) is 0 Å². The number of carbonyl (C=O) groups excluding carboxylic acids is 2. The van der Waals surface area contributed by atoms with Crippen LogP contribution in [0.5, 0.6) is 0 Å². The van der Waals surface area contributed by atoms with Crippen LogP contribution in [0.1, 0.15) is 32.1 Å². The van der Waals surface area contributed by atoms with E-state index in [1.54, 1.807) is 0 Å². The van der Waals surface area contributed by atoms with E-state index in [9.17, 15) is 22.8 Å². The summed E-state index contributed by atoms with van der Waals surface area (Å²) in [5, 5.41) is 0. The summed E-state index contributed by atoms with van der Waals surface area (Å²) < 4.78 is 49.4. The third kappa shape index (κ3) is 4.09. The van der Waals surface area contributed by atoms with Gasteiger partial charge in [0, 0.05) is 0 Å². The van der Waals surface area contributed by atoms with Crippen LogP contribution >= 0.6 is 0 Å².